The lowest BCUT2D eigenvalue weighted by Crippen LogP contribution is -2.19. The van der Waals surface area contributed by atoms with Gasteiger partial charge < -0.3 is 16.0 Å². The Morgan fingerprint density at radius 1 is 1.43 bits per heavy atom. The molecule has 2 rings (SSSR count). The van der Waals surface area contributed by atoms with E-state index in [0.29, 0.717) is 0 Å². The number of anilines is 2. The van der Waals surface area contributed by atoms with E-state index in [0.717, 1.165) is 16.9 Å². The van der Waals surface area contributed by atoms with E-state index in [1.165, 1.54) is 0 Å². The predicted molar refractivity (Wildman–Crippen MR) is 56.3 cm³/mol. The minimum Gasteiger partial charge on any atom is -0.378 e. The van der Waals surface area contributed by atoms with Crippen molar-refractivity contribution in [2.24, 2.45) is 5.73 Å². The summed E-state index contributed by atoms with van der Waals surface area (Å²) in [5, 5.41) is 2.75. The molecule has 3 N–H and O–H groups in total. The average Bonchev–Trinajstić information content (AvgIpc) is 2.42. The lowest BCUT2D eigenvalue weighted by Gasteiger charge is -2.13. The molecular formula is C10H13N3O. The van der Waals surface area contributed by atoms with Crippen LogP contribution in [-0.4, -0.2) is 20.0 Å². The minimum atomic E-state index is -0.513. The number of fused-ring (bicyclic) bond motifs is 1. The van der Waals surface area contributed by atoms with E-state index in [-0.39, 0.29) is 5.91 Å². The van der Waals surface area contributed by atoms with Crippen molar-refractivity contribution >= 4 is 17.3 Å². The summed E-state index contributed by atoms with van der Waals surface area (Å²) in [7, 11) is 3.91. The molecule has 1 amide bonds. The third-order valence-electron chi connectivity index (χ3n) is 2.43. The largest absolute Gasteiger partial charge is 0.378 e. The zero-order valence-electron chi connectivity index (χ0n) is 8.24. The standard InChI is InChI=1S/C10H13N3O/c1-13(2)6-3-4-7-8(5-6)12-10(14)9(7)11/h3-5,9H,11H2,1-2H3,(H,12,14)/t9-/m1/s1. The van der Waals surface area contributed by atoms with E-state index >= 15 is 0 Å². The van der Waals surface area contributed by atoms with Gasteiger partial charge >= 0.3 is 0 Å². The highest BCUT2D eigenvalue weighted by Gasteiger charge is 2.26. The maximum absolute atomic E-state index is 11.3. The van der Waals surface area contributed by atoms with Crippen LogP contribution >= 0.6 is 0 Å². The Balaban J connectivity index is 2.44. The van der Waals surface area contributed by atoms with E-state index in [1.54, 1.807) is 0 Å². The fraction of sp³-hybridized carbons (Fsp3) is 0.300. The molecule has 14 heavy (non-hydrogen) atoms. The van der Waals surface area contributed by atoms with Gasteiger partial charge in [0, 0.05) is 31.0 Å². The van der Waals surface area contributed by atoms with Crippen molar-refractivity contribution in [3.05, 3.63) is 23.8 Å². The number of amides is 1. The Labute approximate surface area is 82.7 Å². The van der Waals surface area contributed by atoms with Crippen LogP contribution in [0.2, 0.25) is 0 Å². The molecule has 1 heterocycles. The van der Waals surface area contributed by atoms with Crippen LogP contribution in [0, 0.1) is 0 Å². The number of hydrogen-bond donors (Lipinski definition) is 2. The molecule has 1 aliphatic rings. The van der Waals surface area contributed by atoms with E-state index in [9.17, 15) is 4.79 Å². The SMILES string of the molecule is CN(C)c1ccc2c(c1)NC(=O)[C@@H]2N. The van der Waals surface area contributed by atoms with Gasteiger partial charge in [-0.25, -0.2) is 0 Å². The molecule has 1 atom stereocenters. The van der Waals surface area contributed by atoms with Gasteiger partial charge in [-0.05, 0) is 12.1 Å². The van der Waals surface area contributed by atoms with Gasteiger partial charge in [0.1, 0.15) is 6.04 Å². The number of hydrogen-bond acceptors (Lipinski definition) is 3. The minimum absolute atomic E-state index is 0.129. The van der Waals surface area contributed by atoms with E-state index < -0.39 is 6.04 Å². The smallest absolute Gasteiger partial charge is 0.245 e. The van der Waals surface area contributed by atoms with Crippen LogP contribution in [0.4, 0.5) is 11.4 Å². The molecule has 0 radical (unpaired) electrons. The Morgan fingerprint density at radius 2 is 2.14 bits per heavy atom. The van der Waals surface area contributed by atoms with Gasteiger partial charge in [-0.1, -0.05) is 6.07 Å². The molecule has 0 saturated heterocycles. The Kier molecular flexibility index (Phi) is 1.93. The molecule has 1 aromatic carbocycles. The van der Waals surface area contributed by atoms with E-state index in [1.807, 2.05) is 37.2 Å². The summed E-state index contributed by atoms with van der Waals surface area (Å²) < 4.78 is 0. The van der Waals surface area contributed by atoms with Gasteiger partial charge in [0.2, 0.25) is 5.91 Å². The number of nitrogens with zero attached hydrogens (tertiary/aromatic N) is 1. The summed E-state index contributed by atoms with van der Waals surface area (Å²) in [6.07, 6.45) is 0. The molecule has 0 saturated carbocycles. The molecule has 74 valence electrons. The first-order valence-corrected chi connectivity index (χ1v) is 4.47. The molecule has 0 fully saturated rings. The van der Waals surface area contributed by atoms with E-state index in [2.05, 4.69) is 5.32 Å². The molecule has 1 aliphatic heterocycles. The summed E-state index contributed by atoms with van der Waals surface area (Å²) in [5.74, 6) is -0.129. The average molecular weight is 191 g/mol. The first-order chi connectivity index (χ1) is 6.59. The van der Waals surface area contributed by atoms with Crippen LogP contribution in [0.5, 0.6) is 0 Å². The Morgan fingerprint density at radius 3 is 2.79 bits per heavy atom. The number of carbonyl (C=O) groups is 1. The highest BCUT2D eigenvalue weighted by Crippen LogP contribution is 2.31. The van der Waals surface area contributed by atoms with Crippen LogP contribution in [0.3, 0.4) is 0 Å². The number of rotatable bonds is 1. The summed E-state index contributed by atoms with van der Waals surface area (Å²) >= 11 is 0. The summed E-state index contributed by atoms with van der Waals surface area (Å²) in [4.78, 5) is 13.2. The molecule has 0 unspecified atom stereocenters. The quantitative estimate of drug-likeness (QED) is 0.687. The molecule has 4 heteroatoms. The van der Waals surface area contributed by atoms with Crippen LogP contribution < -0.4 is 16.0 Å². The van der Waals surface area contributed by atoms with Crippen molar-refractivity contribution in [3.8, 4) is 0 Å². The number of nitrogens with two attached hydrogens (primary N) is 1. The van der Waals surface area contributed by atoms with Crippen molar-refractivity contribution in [3.63, 3.8) is 0 Å². The van der Waals surface area contributed by atoms with Crippen LogP contribution in [0.15, 0.2) is 18.2 Å². The topological polar surface area (TPSA) is 58.4 Å². The number of carbonyl (C=O) groups excluding carboxylic acids is 1. The number of benzene rings is 1. The molecule has 0 spiro atoms. The molecule has 4 nitrogen and oxygen atoms in total. The first kappa shape index (κ1) is 9.02. The lowest BCUT2D eigenvalue weighted by molar-refractivity contribution is -0.116. The third kappa shape index (κ3) is 1.24. The molecular weight excluding hydrogens is 178 g/mol. The molecule has 0 aliphatic carbocycles. The van der Waals surface area contributed by atoms with Crippen molar-refractivity contribution in [2.45, 2.75) is 6.04 Å². The van der Waals surface area contributed by atoms with Crippen LogP contribution in [0.1, 0.15) is 11.6 Å². The Hall–Kier alpha value is -1.55. The maximum atomic E-state index is 11.3. The van der Waals surface area contributed by atoms with Gasteiger partial charge in [0.25, 0.3) is 0 Å². The van der Waals surface area contributed by atoms with Crippen LogP contribution in [0.25, 0.3) is 0 Å². The van der Waals surface area contributed by atoms with Gasteiger partial charge in [0.15, 0.2) is 0 Å². The third-order valence-corrected chi connectivity index (χ3v) is 2.43. The zero-order chi connectivity index (χ0) is 10.3. The van der Waals surface area contributed by atoms with Crippen molar-refractivity contribution < 1.29 is 4.79 Å². The fourth-order valence-electron chi connectivity index (χ4n) is 1.55. The van der Waals surface area contributed by atoms with Crippen LogP contribution in [-0.2, 0) is 4.79 Å². The highest BCUT2D eigenvalue weighted by molar-refractivity contribution is 6.02. The van der Waals surface area contributed by atoms with Crippen molar-refractivity contribution in [1.82, 2.24) is 0 Å². The van der Waals surface area contributed by atoms with E-state index in [4.69, 9.17) is 5.73 Å². The maximum Gasteiger partial charge on any atom is 0.245 e. The predicted octanol–water partition coefficient (Wildman–Crippen LogP) is 0.705. The summed E-state index contributed by atoms with van der Waals surface area (Å²) in [5.41, 5.74) is 8.45. The molecule has 1 aromatic rings. The zero-order valence-corrected chi connectivity index (χ0v) is 8.24. The van der Waals surface area contributed by atoms with Crippen molar-refractivity contribution in [1.29, 1.82) is 0 Å². The van der Waals surface area contributed by atoms with Gasteiger partial charge in [-0.2, -0.15) is 0 Å². The normalized spacial score (nSPS) is 19.1. The van der Waals surface area contributed by atoms with Gasteiger partial charge in [-0.15, -0.1) is 0 Å². The summed E-state index contributed by atoms with van der Waals surface area (Å²) in [6.45, 7) is 0. The fourth-order valence-corrected chi connectivity index (χ4v) is 1.55. The second-order valence-electron chi connectivity index (χ2n) is 3.63. The second-order valence-corrected chi connectivity index (χ2v) is 3.63. The van der Waals surface area contributed by atoms with Crippen molar-refractivity contribution in [2.75, 3.05) is 24.3 Å². The van der Waals surface area contributed by atoms with Gasteiger partial charge in [-0.3, -0.25) is 4.79 Å². The second kappa shape index (κ2) is 2.99. The summed E-state index contributed by atoms with van der Waals surface area (Å²) in [6, 6.07) is 5.27. The monoisotopic (exact) mass is 191 g/mol. The molecule has 0 bridgehead atoms. The highest BCUT2D eigenvalue weighted by atomic mass is 16.2. The van der Waals surface area contributed by atoms with Gasteiger partial charge in [0.05, 0.1) is 0 Å². The molecule has 0 aromatic heterocycles. The first-order valence-electron chi connectivity index (χ1n) is 4.47. The Bertz CT molecular complexity index is 387. The number of nitrogens with one attached hydrogen (secondary N) is 1. The lowest BCUT2D eigenvalue weighted by atomic mass is 10.1.